The van der Waals surface area contributed by atoms with Crippen molar-refractivity contribution in [3.05, 3.63) is 0 Å². The summed E-state index contributed by atoms with van der Waals surface area (Å²) in [5, 5.41) is 0. The first-order valence-corrected chi connectivity index (χ1v) is 7.60. The molecule has 0 heterocycles. The summed E-state index contributed by atoms with van der Waals surface area (Å²) < 4.78 is 5.68. The molecule has 0 spiro atoms. The van der Waals surface area contributed by atoms with E-state index in [2.05, 4.69) is 31.5 Å². The van der Waals surface area contributed by atoms with Gasteiger partial charge in [0, 0.05) is 6.42 Å². The van der Waals surface area contributed by atoms with Crippen molar-refractivity contribution in [1.29, 1.82) is 0 Å². The van der Waals surface area contributed by atoms with Gasteiger partial charge >= 0.3 is 0 Å². The van der Waals surface area contributed by atoms with Crippen molar-refractivity contribution in [2.24, 2.45) is 0 Å². The van der Waals surface area contributed by atoms with Crippen LogP contribution in [0.2, 0.25) is 19.6 Å². The molecule has 0 fully saturated rings. The highest BCUT2D eigenvalue weighted by Gasteiger charge is 2.26. The molecule has 0 aromatic heterocycles. The van der Waals surface area contributed by atoms with Crippen LogP contribution >= 0.6 is 0 Å². The summed E-state index contributed by atoms with van der Waals surface area (Å²) in [6, 6.07) is 0. The lowest BCUT2D eigenvalue weighted by molar-refractivity contribution is -0.121. The number of rotatable bonds is 2. The fourth-order valence-corrected chi connectivity index (χ4v) is 2.18. The zero-order chi connectivity index (χ0) is 9.19. The van der Waals surface area contributed by atoms with Crippen molar-refractivity contribution in [2.75, 3.05) is 0 Å². The van der Waals surface area contributed by atoms with Crippen LogP contribution in [0.3, 0.4) is 0 Å². The minimum Gasteiger partial charge on any atom is -0.407 e. The van der Waals surface area contributed by atoms with E-state index in [4.69, 9.17) is 4.43 Å². The van der Waals surface area contributed by atoms with E-state index in [-0.39, 0.29) is 11.9 Å². The lowest BCUT2D eigenvalue weighted by Crippen LogP contribution is -2.37. The average Bonchev–Trinajstić information content (AvgIpc) is 1.91. The molecule has 1 unspecified atom stereocenters. The van der Waals surface area contributed by atoms with Crippen LogP contribution in [0, 0.1) is 11.8 Å². The molecule has 1 atom stereocenters. The standard InChI is InChI=1S/C9H14O2Si/c1-12(2,3)11-9-7-5-4-6-8(9)10/h9H,5,7H2,1-3H3. The molecule has 0 bridgehead atoms. The first kappa shape index (κ1) is 9.49. The molecule has 12 heavy (non-hydrogen) atoms. The molecule has 1 aliphatic rings. The first-order valence-electron chi connectivity index (χ1n) is 4.19. The quantitative estimate of drug-likeness (QED) is 0.368. The van der Waals surface area contributed by atoms with E-state index in [0.717, 1.165) is 12.8 Å². The molecule has 0 radical (unpaired) electrons. The summed E-state index contributed by atoms with van der Waals surface area (Å²) >= 11 is 0. The highest BCUT2D eigenvalue weighted by atomic mass is 28.4. The smallest absolute Gasteiger partial charge is 0.232 e. The maximum atomic E-state index is 11.2. The average molecular weight is 182 g/mol. The van der Waals surface area contributed by atoms with Crippen LogP contribution < -0.4 is 0 Å². The molecule has 66 valence electrons. The predicted octanol–water partition coefficient (Wildman–Crippen LogP) is 1.57. The Bertz CT molecular complexity index is 241. The van der Waals surface area contributed by atoms with Crippen molar-refractivity contribution >= 4 is 14.1 Å². The Hall–Kier alpha value is -0.593. The Morgan fingerprint density at radius 3 is 2.67 bits per heavy atom. The Balaban J connectivity index is 2.56. The predicted molar refractivity (Wildman–Crippen MR) is 50.2 cm³/mol. The van der Waals surface area contributed by atoms with E-state index in [9.17, 15) is 4.79 Å². The van der Waals surface area contributed by atoms with Crippen molar-refractivity contribution in [3.63, 3.8) is 0 Å². The van der Waals surface area contributed by atoms with Crippen LogP contribution in [0.4, 0.5) is 0 Å². The van der Waals surface area contributed by atoms with Gasteiger partial charge in [0.1, 0.15) is 6.10 Å². The van der Waals surface area contributed by atoms with Gasteiger partial charge in [-0.15, -0.1) is 0 Å². The highest BCUT2D eigenvalue weighted by molar-refractivity contribution is 6.69. The summed E-state index contributed by atoms with van der Waals surface area (Å²) in [4.78, 5) is 11.2. The first-order chi connectivity index (χ1) is 5.49. The number of carbonyl (C=O) groups excluding carboxylic acids is 1. The van der Waals surface area contributed by atoms with Crippen LogP contribution in [0.25, 0.3) is 0 Å². The minimum atomic E-state index is -1.58. The molecule has 0 aliphatic heterocycles. The molecule has 1 aliphatic carbocycles. The van der Waals surface area contributed by atoms with Gasteiger partial charge in [-0.1, -0.05) is 5.92 Å². The molecular formula is C9H14O2Si. The Labute approximate surface area is 74.4 Å². The maximum Gasteiger partial charge on any atom is 0.232 e. The van der Waals surface area contributed by atoms with Crippen LogP contribution in [-0.2, 0) is 9.22 Å². The van der Waals surface area contributed by atoms with Crippen molar-refractivity contribution < 1.29 is 9.22 Å². The molecule has 0 saturated heterocycles. The molecule has 2 nitrogen and oxygen atoms in total. The zero-order valence-electron chi connectivity index (χ0n) is 7.81. The lowest BCUT2D eigenvalue weighted by atomic mass is 10.1. The van der Waals surface area contributed by atoms with Gasteiger partial charge in [-0.2, -0.15) is 0 Å². The molecule has 1 rings (SSSR count). The second-order valence-electron chi connectivity index (χ2n) is 3.92. The summed E-state index contributed by atoms with van der Waals surface area (Å²) in [5.74, 6) is 5.31. The minimum absolute atomic E-state index is 0.0383. The number of hydrogen-bond donors (Lipinski definition) is 0. The molecule has 0 aromatic carbocycles. The van der Waals surface area contributed by atoms with Gasteiger partial charge in [-0.05, 0) is 32.0 Å². The fraction of sp³-hybridized carbons (Fsp3) is 0.667. The number of carbonyl (C=O) groups is 1. The normalized spacial score (nSPS) is 23.2. The van der Waals surface area contributed by atoms with Gasteiger partial charge in [0.25, 0.3) is 0 Å². The topological polar surface area (TPSA) is 26.3 Å². The van der Waals surface area contributed by atoms with Gasteiger partial charge < -0.3 is 4.43 Å². The van der Waals surface area contributed by atoms with Crippen molar-refractivity contribution in [3.8, 4) is 11.8 Å². The molecule has 0 amide bonds. The Morgan fingerprint density at radius 2 is 2.17 bits per heavy atom. The molecule has 0 N–H and O–H groups in total. The third kappa shape index (κ3) is 2.80. The van der Waals surface area contributed by atoms with E-state index < -0.39 is 8.32 Å². The van der Waals surface area contributed by atoms with Gasteiger partial charge in [0.2, 0.25) is 5.78 Å². The summed E-state index contributed by atoms with van der Waals surface area (Å²) in [5.41, 5.74) is 0. The van der Waals surface area contributed by atoms with E-state index >= 15 is 0 Å². The van der Waals surface area contributed by atoms with Crippen LogP contribution in [0.1, 0.15) is 12.8 Å². The summed E-state index contributed by atoms with van der Waals surface area (Å²) in [6.07, 6.45) is 1.33. The van der Waals surface area contributed by atoms with E-state index in [0.29, 0.717) is 0 Å². The lowest BCUT2D eigenvalue weighted by Gasteiger charge is -2.24. The van der Waals surface area contributed by atoms with Crippen molar-refractivity contribution in [2.45, 2.75) is 38.6 Å². The van der Waals surface area contributed by atoms with Crippen molar-refractivity contribution in [1.82, 2.24) is 0 Å². The van der Waals surface area contributed by atoms with Gasteiger partial charge in [-0.25, -0.2) is 0 Å². The molecule has 3 heteroatoms. The van der Waals surface area contributed by atoms with Gasteiger partial charge in [0.15, 0.2) is 8.32 Å². The number of hydrogen-bond acceptors (Lipinski definition) is 2. The zero-order valence-corrected chi connectivity index (χ0v) is 8.81. The summed E-state index contributed by atoms with van der Waals surface area (Å²) in [7, 11) is -1.58. The monoisotopic (exact) mass is 182 g/mol. The van der Waals surface area contributed by atoms with E-state index in [1.165, 1.54) is 0 Å². The largest absolute Gasteiger partial charge is 0.407 e. The number of Topliss-reactive ketones (excluding diaryl/α,β-unsaturated/α-hetero) is 1. The summed E-state index contributed by atoms with van der Waals surface area (Å²) in [6.45, 7) is 6.26. The van der Waals surface area contributed by atoms with Crippen LogP contribution in [0.15, 0.2) is 0 Å². The van der Waals surface area contributed by atoms with Crippen LogP contribution in [-0.4, -0.2) is 20.2 Å². The fourth-order valence-electron chi connectivity index (χ4n) is 1.10. The Morgan fingerprint density at radius 1 is 1.50 bits per heavy atom. The Kier molecular flexibility index (Phi) is 2.71. The molecule has 0 aromatic rings. The van der Waals surface area contributed by atoms with Crippen LogP contribution in [0.5, 0.6) is 0 Å². The highest BCUT2D eigenvalue weighted by Crippen LogP contribution is 2.14. The SMILES string of the molecule is C[Si](C)(C)OC1CCC#CC1=O. The second-order valence-corrected chi connectivity index (χ2v) is 8.38. The molecular weight excluding hydrogens is 168 g/mol. The van der Waals surface area contributed by atoms with Gasteiger partial charge in [0.05, 0.1) is 0 Å². The number of ketones is 1. The maximum absolute atomic E-state index is 11.2. The van der Waals surface area contributed by atoms with E-state index in [1.807, 2.05) is 0 Å². The third-order valence-corrected chi connectivity index (χ3v) is 2.52. The third-order valence-electron chi connectivity index (χ3n) is 1.53. The van der Waals surface area contributed by atoms with Gasteiger partial charge in [-0.3, -0.25) is 4.79 Å². The second kappa shape index (κ2) is 3.42. The molecule has 0 saturated carbocycles. The van der Waals surface area contributed by atoms with E-state index in [1.54, 1.807) is 0 Å².